The van der Waals surface area contributed by atoms with Crippen LogP contribution in [0.15, 0.2) is 231 Å². The molecule has 0 atom stereocenters. The molecule has 0 saturated carbocycles. The van der Waals surface area contributed by atoms with Crippen LogP contribution < -0.4 is 4.90 Å². The molecular formula is C60H40N2S. The molecule has 3 heteroatoms. The zero-order valence-corrected chi connectivity index (χ0v) is 35.2. The average molecular weight is 821 g/mol. The third kappa shape index (κ3) is 6.67. The predicted molar refractivity (Wildman–Crippen MR) is 272 cm³/mol. The molecule has 0 bridgehead atoms. The lowest BCUT2D eigenvalue weighted by atomic mass is 9.98. The molecule has 0 N–H and O–H groups in total. The van der Waals surface area contributed by atoms with Crippen molar-refractivity contribution in [3.8, 4) is 28.1 Å². The lowest BCUT2D eigenvalue weighted by Gasteiger charge is -2.26. The minimum absolute atomic E-state index is 1.11. The van der Waals surface area contributed by atoms with Gasteiger partial charge in [0.05, 0.1) is 11.2 Å². The van der Waals surface area contributed by atoms with Gasteiger partial charge in [-0.1, -0.05) is 176 Å². The van der Waals surface area contributed by atoms with Crippen LogP contribution in [0.5, 0.6) is 0 Å². The van der Waals surface area contributed by atoms with E-state index in [1.165, 1.54) is 75.0 Å². The van der Waals surface area contributed by atoms with Gasteiger partial charge in [-0.05, 0) is 111 Å². The number of benzene rings is 10. The first-order valence-electron chi connectivity index (χ1n) is 21.5. The molecule has 0 saturated heterocycles. The Hall–Kier alpha value is -7.98. The van der Waals surface area contributed by atoms with E-state index in [0.29, 0.717) is 0 Å². The van der Waals surface area contributed by atoms with Gasteiger partial charge in [0.25, 0.3) is 0 Å². The maximum absolute atomic E-state index is 2.46. The molecule has 2 nitrogen and oxygen atoms in total. The highest BCUT2D eigenvalue weighted by Crippen LogP contribution is 2.44. The van der Waals surface area contributed by atoms with Crippen molar-refractivity contribution in [2.75, 3.05) is 4.90 Å². The molecular weight excluding hydrogens is 781 g/mol. The highest BCUT2D eigenvalue weighted by molar-refractivity contribution is 7.25. The first-order valence-corrected chi connectivity index (χ1v) is 22.3. The number of rotatable bonds is 8. The second kappa shape index (κ2) is 15.5. The van der Waals surface area contributed by atoms with Crippen molar-refractivity contribution < 1.29 is 0 Å². The molecule has 296 valence electrons. The number of hydrogen-bond donors (Lipinski definition) is 0. The minimum Gasteiger partial charge on any atom is -0.310 e. The van der Waals surface area contributed by atoms with E-state index in [2.05, 4.69) is 252 Å². The molecule has 0 aliphatic carbocycles. The molecule has 0 amide bonds. The SMILES string of the molecule is C(=C\c1ccc2c(-c3ccccc3)c(-c3ccccc3)n(-c3ccc4ccccc4c3)c2c1)/c1ccc(N(c2ccc3ccccc3c2)c2ccc3sc4ccccc4c3c2)cc1. The minimum atomic E-state index is 1.11. The van der Waals surface area contributed by atoms with Crippen molar-refractivity contribution in [2.24, 2.45) is 0 Å². The Balaban J connectivity index is 0.958. The standard InChI is InChI=1S/C60H40N2S/c1-3-15-45(16-4-1)59-54-35-27-42(37-56(54)62(60(59)46-17-5-2-6-18-46)51-33-29-44-14-8-10-20-48(44)39-51)24-23-41-25-30-49(31-26-41)61(50-32-28-43-13-7-9-19-47(43)38-50)52-34-36-58-55(40-52)53-21-11-12-22-57(53)63-58/h1-40H/b24-23+. The van der Waals surface area contributed by atoms with Crippen LogP contribution in [0.3, 0.4) is 0 Å². The Labute approximate surface area is 370 Å². The fourth-order valence-electron chi connectivity index (χ4n) is 9.30. The monoisotopic (exact) mass is 820 g/mol. The van der Waals surface area contributed by atoms with Crippen LogP contribution in [0.1, 0.15) is 11.1 Å². The summed E-state index contributed by atoms with van der Waals surface area (Å²) in [6.45, 7) is 0. The van der Waals surface area contributed by atoms with Gasteiger partial charge in [-0.15, -0.1) is 11.3 Å². The van der Waals surface area contributed by atoms with E-state index < -0.39 is 0 Å². The van der Waals surface area contributed by atoms with Crippen molar-refractivity contribution >= 4 is 93.2 Å². The Morgan fingerprint density at radius 1 is 0.365 bits per heavy atom. The first-order chi connectivity index (χ1) is 31.2. The molecule has 0 aliphatic heterocycles. The summed E-state index contributed by atoms with van der Waals surface area (Å²) >= 11 is 1.85. The maximum atomic E-state index is 2.46. The Morgan fingerprint density at radius 3 is 1.71 bits per heavy atom. The summed E-state index contributed by atoms with van der Waals surface area (Å²) in [7, 11) is 0. The van der Waals surface area contributed by atoms with Crippen LogP contribution in [0.4, 0.5) is 17.1 Å². The Morgan fingerprint density at radius 2 is 0.937 bits per heavy atom. The van der Waals surface area contributed by atoms with E-state index in [9.17, 15) is 0 Å². The smallest absolute Gasteiger partial charge is 0.0619 e. The topological polar surface area (TPSA) is 8.17 Å². The average Bonchev–Trinajstić information content (AvgIpc) is 3.90. The number of aromatic nitrogens is 1. The molecule has 2 heterocycles. The predicted octanol–water partition coefficient (Wildman–Crippen LogP) is 17.3. The fraction of sp³-hybridized carbons (Fsp3) is 0. The lowest BCUT2D eigenvalue weighted by molar-refractivity contribution is 1.14. The quantitative estimate of drug-likeness (QED) is 0.139. The normalized spacial score (nSPS) is 11.7. The van der Waals surface area contributed by atoms with Gasteiger partial charge in [0, 0.05) is 53.9 Å². The first kappa shape index (κ1) is 36.8. The van der Waals surface area contributed by atoms with Gasteiger partial charge in [0.1, 0.15) is 0 Å². The highest BCUT2D eigenvalue weighted by atomic mass is 32.1. The summed E-state index contributed by atoms with van der Waals surface area (Å²) in [5, 5.41) is 8.71. The summed E-state index contributed by atoms with van der Waals surface area (Å²) < 4.78 is 5.07. The van der Waals surface area contributed by atoms with Crippen LogP contribution in [-0.4, -0.2) is 4.57 Å². The molecule has 63 heavy (non-hydrogen) atoms. The largest absolute Gasteiger partial charge is 0.310 e. The summed E-state index contributed by atoms with van der Waals surface area (Å²) in [6, 6.07) is 83.9. The molecule has 0 radical (unpaired) electrons. The van der Waals surface area contributed by atoms with Crippen LogP contribution in [0.2, 0.25) is 0 Å². The van der Waals surface area contributed by atoms with E-state index in [1.807, 2.05) is 11.3 Å². The van der Waals surface area contributed by atoms with E-state index in [0.717, 1.165) is 33.9 Å². The van der Waals surface area contributed by atoms with Gasteiger partial charge in [0.2, 0.25) is 0 Å². The number of nitrogens with zero attached hydrogens (tertiary/aromatic N) is 2. The molecule has 0 fully saturated rings. The molecule has 12 rings (SSSR count). The zero-order chi connectivity index (χ0) is 41.7. The molecule has 10 aromatic carbocycles. The summed E-state index contributed by atoms with van der Waals surface area (Å²) in [5.74, 6) is 0. The molecule has 0 aliphatic rings. The van der Waals surface area contributed by atoms with Crippen molar-refractivity contribution in [1.29, 1.82) is 0 Å². The van der Waals surface area contributed by atoms with E-state index >= 15 is 0 Å². The number of hydrogen-bond acceptors (Lipinski definition) is 2. The maximum Gasteiger partial charge on any atom is 0.0619 e. The summed E-state index contributed by atoms with van der Waals surface area (Å²) in [6.07, 6.45) is 4.47. The van der Waals surface area contributed by atoms with Crippen LogP contribution in [-0.2, 0) is 0 Å². The van der Waals surface area contributed by atoms with Crippen molar-refractivity contribution in [3.63, 3.8) is 0 Å². The van der Waals surface area contributed by atoms with E-state index in [1.54, 1.807) is 0 Å². The Bertz CT molecular complexity index is 3670. The van der Waals surface area contributed by atoms with E-state index in [4.69, 9.17) is 0 Å². The number of anilines is 3. The van der Waals surface area contributed by atoms with Gasteiger partial charge in [-0.3, -0.25) is 0 Å². The van der Waals surface area contributed by atoms with Crippen LogP contribution in [0, 0.1) is 0 Å². The molecule has 0 spiro atoms. The third-order valence-corrected chi connectivity index (χ3v) is 13.5. The van der Waals surface area contributed by atoms with Gasteiger partial charge in [0.15, 0.2) is 0 Å². The molecule has 0 unspecified atom stereocenters. The fourth-order valence-corrected chi connectivity index (χ4v) is 10.4. The summed E-state index contributed by atoms with van der Waals surface area (Å²) in [4.78, 5) is 2.38. The number of fused-ring (bicyclic) bond motifs is 6. The van der Waals surface area contributed by atoms with Gasteiger partial charge in [-0.25, -0.2) is 0 Å². The van der Waals surface area contributed by atoms with Crippen molar-refractivity contribution in [1.82, 2.24) is 4.57 Å². The summed E-state index contributed by atoms with van der Waals surface area (Å²) in [5.41, 5.74) is 12.8. The second-order valence-electron chi connectivity index (χ2n) is 16.2. The van der Waals surface area contributed by atoms with Crippen LogP contribution >= 0.6 is 11.3 Å². The van der Waals surface area contributed by atoms with Crippen molar-refractivity contribution in [3.05, 3.63) is 242 Å². The third-order valence-electron chi connectivity index (χ3n) is 12.3. The molecule has 2 aromatic heterocycles. The van der Waals surface area contributed by atoms with Gasteiger partial charge < -0.3 is 9.47 Å². The van der Waals surface area contributed by atoms with Gasteiger partial charge >= 0.3 is 0 Å². The number of thiophene rings is 1. The highest BCUT2D eigenvalue weighted by Gasteiger charge is 2.22. The second-order valence-corrected chi connectivity index (χ2v) is 17.3. The van der Waals surface area contributed by atoms with Crippen molar-refractivity contribution in [2.45, 2.75) is 0 Å². The lowest BCUT2D eigenvalue weighted by Crippen LogP contribution is -2.09. The van der Waals surface area contributed by atoms with E-state index in [-0.39, 0.29) is 0 Å². The molecule has 12 aromatic rings. The Kier molecular flexibility index (Phi) is 9.06. The van der Waals surface area contributed by atoms with Crippen LogP contribution in [0.25, 0.3) is 92.8 Å². The zero-order valence-electron chi connectivity index (χ0n) is 34.4. The van der Waals surface area contributed by atoms with Gasteiger partial charge in [-0.2, -0.15) is 0 Å².